The van der Waals surface area contributed by atoms with Crippen molar-refractivity contribution in [2.24, 2.45) is 0 Å². The van der Waals surface area contributed by atoms with E-state index in [1.807, 2.05) is 0 Å². The quantitative estimate of drug-likeness (QED) is 0.672. The lowest BCUT2D eigenvalue weighted by atomic mass is 10.0. The van der Waals surface area contributed by atoms with Crippen LogP contribution in [0.3, 0.4) is 0 Å². The largest absolute Gasteiger partial charge is 0.352 e. The van der Waals surface area contributed by atoms with Crippen LogP contribution in [-0.2, 0) is 4.79 Å². The van der Waals surface area contributed by atoms with Crippen molar-refractivity contribution in [3.63, 3.8) is 0 Å². The molecule has 2 N–H and O–H groups in total. The zero-order valence-corrected chi connectivity index (χ0v) is 11.4. The van der Waals surface area contributed by atoms with Gasteiger partial charge >= 0.3 is 0 Å². The number of piperidine rings is 1. The Hall–Kier alpha value is -0.570. The van der Waals surface area contributed by atoms with Gasteiger partial charge in [-0.3, -0.25) is 4.79 Å². The van der Waals surface area contributed by atoms with E-state index in [9.17, 15) is 4.79 Å². The van der Waals surface area contributed by atoms with Gasteiger partial charge in [-0.05, 0) is 32.7 Å². The first-order valence-corrected chi connectivity index (χ1v) is 7.27. The van der Waals surface area contributed by atoms with Crippen LogP contribution >= 0.6 is 0 Å². The van der Waals surface area contributed by atoms with Gasteiger partial charge in [-0.25, -0.2) is 0 Å². The van der Waals surface area contributed by atoms with Crippen molar-refractivity contribution in [2.75, 3.05) is 6.54 Å². The van der Waals surface area contributed by atoms with Crippen LogP contribution in [0.5, 0.6) is 0 Å². The Morgan fingerprint density at radius 3 is 2.82 bits per heavy atom. The molecule has 1 amide bonds. The lowest BCUT2D eigenvalue weighted by Crippen LogP contribution is -2.48. The van der Waals surface area contributed by atoms with Crippen LogP contribution in [0.4, 0.5) is 0 Å². The molecule has 1 heterocycles. The molecule has 1 aliphatic heterocycles. The number of carbonyl (C=O) groups is 1. The Bertz CT molecular complexity index is 212. The number of unbranched alkanes of at least 4 members (excludes halogenated alkanes) is 3. The van der Waals surface area contributed by atoms with Crippen molar-refractivity contribution < 1.29 is 4.79 Å². The average molecular weight is 240 g/mol. The molecule has 0 saturated carbocycles. The van der Waals surface area contributed by atoms with Crippen LogP contribution in [-0.4, -0.2) is 24.5 Å². The summed E-state index contributed by atoms with van der Waals surface area (Å²) in [6.07, 6.45) is 9.59. The van der Waals surface area contributed by atoms with Crippen LogP contribution in [0, 0.1) is 0 Å². The van der Waals surface area contributed by atoms with Crippen LogP contribution in [0.1, 0.15) is 65.2 Å². The molecule has 1 aliphatic rings. The standard InChI is InChI=1S/C14H28N2O/c1-3-4-5-6-9-12(2)16-14(17)13-10-7-8-11-15-13/h12-13,15H,3-11H2,1-2H3,(H,16,17)/t12?,13-/m1/s1. The SMILES string of the molecule is CCCCCCC(C)NC(=O)[C@H]1CCCCN1. The van der Waals surface area contributed by atoms with Gasteiger partial charge in [0.2, 0.25) is 5.91 Å². The van der Waals surface area contributed by atoms with Crippen molar-refractivity contribution in [3.05, 3.63) is 0 Å². The molecule has 3 heteroatoms. The molecule has 0 aromatic carbocycles. The number of hydrogen-bond donors (Lipinski definition) is 2. The normalized spacial score (nSPS) is 22.1. The van der Waals surface area contributed by atoms with E-state index in [0.717, 1.165) is 19.4 Å². The molecule has 100 valence electrons. The van der Waals surface area contributed by atoms with E-state index in [1.165, 1.54) is 38.5 Å². The van der Waals surface area contributed by atoms with Crippen molar-refractivity contribution >= 4 is 5.91 Å². The molecule has 0 aromatic heterocycles. The van der Waals surface area contributed by atoms with Gasteiger partial charge in [0.05, 0.1) is 6.04 Å². The van der Waals surface area contributed by atoms with E-state index in [1.54, 1.807) is 0 Å². The molecule has 1 unspecified atom stereocenters. The number of rotatable bonds is 7. The average Bonchev–Trinajstić information content (AvgIpc) is 2.36. The highest BCUT2D eigenvalue weighted by atomic mass is 16.2. The lowest BCUT2D eigenvalue weighted by molar-refractivity contribution is -0.124. The Labute approximate surface area is 106 Å². The maximum atomic E-state index is 11.9. The third-order valence-electron chi connectivity index (χ3n) is 3.51. The first kappa shape index (κ1) is 14.5. The van der Waals surface area contributed by atoms with E-state index >= 15 is 0 Å². The van der Waals surface area contributed by atoms with Crippen LogP contribution in [0.25, 0.3) is 0 Å². The Morgan fingerprint density at radius 1 is 1.35 bits per heavy atom. The Morgan fingerprint density at radius 2 is 2.18 bits per heavy atom. The summed E-state index contributed by atoms with van der Waals surface area (Å²) in [4.78, 5) is 11.9. The number of carbonyl (C=O) groups excluding carboxylic acids is 1. The van der Waals surface area contributed by atoms with E-state index in [-0.39, 0.29) is 11.9 Å². The summed E-state index contributed by atoms with van der Waals surface area (Å²) >= 11 is 0. The second-order valence-corrected chi connectivity index (χ2v) is 5.26. The first-order chi connectivity index (χ1) is 8.24. The lowest BCUT2D eigenvalue weighted by Gasteiger charge is -2.24. The van der Waals surface area contributed by atoms with E-state index in [2.05, 4.69) is 24.5 Å². The predicted octanol–water partition coefficient (Wildman–Crippen LogP) is 2.60. The highest BCUT2D eigenvalue weighted by molar-refractivity contribution is 5.82. The molecule has 2 atom stereocenters. The van der Waals surface area contributed by atoms with Crippen molar-refractivity contribution in [1.82, 2.24) is 10.6 Å². The van der Waals surface area contributed by atoms with Gasteiger partial charge in [0.1, 0.15) is 0 Å². The summed E-state index contributed by atoms with van der Waals surface area (Å²) in [6.45, 7) is 5.33. The molecule has 0 aromatic rings. The molecule has 0 radical (unpaired) electrons. The molecule has 1 rings (SSSR count). The van der Waals surface area contributed by atoms with Gasteiger partial charge in [0, 0.05) is 6.04 Å². The topological polar surface area (TPSA) is 41.1 Å². The highest BCUT2D eigenvalue weighted by Crippen LogP contribution is 2.09. The molecule has 1 fully saturated rings. The molecule has 0 bridgehead atoms. The van der Waals surface area contributed by atoms with Crippen LogP contribution in [0.2, 0.25) is 0 Å². The number of nitrogens with one attached hydrogen (secondary N) is 2. The fourth-order valence-corrected chi connectivity index (χ4v) is 2.37. The first-order valence-electron chi connectivity index (χ1n) is 7.27. The maximum Gasteiger partial charge on any atom is 0.237 e. The van der Waals surface area contributed by atoms with Crippen LogP contribution in [0.15, 0.2) is 0 Å². The molecule has 0 aliphatic carbocycles. The summed E-state index contributed by atoms with van der Waals surface area (Å²) in [6, 6.07) is 0.380. The third kappa shape index (κ3) is 6.06. The van der Waals surface area contributed by atoms with Gasteiger partial charge in [-0.15, -0.1) is 0 Å². The fraction of sp³-hybridized carbons (Fsp3) is 0.929. The minimum Gasteiger partial charge on any atom is -0.352 e. The summed E-state index contributed by atoms with van der Waals surface area (Å²) < 4.78 is 0. The van der Waals surface area contributed by atoms with Crippen molar-refractivity contribution in [3.8, 4) is 0 Å². The summed E-state index contributed by atoms with van der Waals surface area (Å²) in [7, 11) is 0. The predicted molar refractivity (Wildman–Crippen MR) is 72.0 cm³/mol. The zero-order chi connectivity index (χ0) is 12.5. The van der Waals surface area contributed by atoms with E-state index in [0.29, 0.717) is 6.04 Å². The molecule has 0 spiro atoms. The smallest absolute Gasteiger partial charge is 0.237 e. The molecular formula is C14H28N2O. The van der Waals surface area contributed by atoms with Gasteiger partial charge in [0.25, 0.3) is 0 Å². The second-order valence-electron chi connectivity index (χ2n) is 5.26. The summed E-state index contributed by atoms with van der Waals surface area (Å²) in [5, 5.41) is 6.41. The van der Waals surface area contributed by atoms with Gasteiger partial charge in [-0.2, -0.15) is 0 Å². The second kappa shape index (κ2) is 8.51. The fourth-order valence-electron chi connectivity index (χ4n) is 2.37. The van der Waals surface area contributed by atoms with E-state index < -0.39 is 0 Å². The van der Waals surface area contributed by atoms with Gasteiger partial charge in [-0.1, -0.05) is 39.0 Å². The highest BCUT2D eigenvalue weighted by Gasteiger charge is 2.21. The Kier molecular flexibility index (Phi) is 7.25. The molecule has 17 heavy (non-hydrogen) atoms. The van der Waals surface area contributed by atoms with Gasteiger partial charge < -0.3 is 10.6 Å². The van der Waals surface area contributed by atoms with E-state index in [4.69, 9.17) is 0 Å². The monoisotopic (exact) mass is 240 g/mol. The maximum absolute atomic E-state index is 11.9. The zero-order valence-electron chi connectivity index (χ0n) is 11.4. The summed E-state index contributed by atoms with van der Waals surface area (Å²) in [5.41, 5.74) is 0. The van der Waals surface area contributed by atoms with Crippen LogP contribution < -0.4 is 10.6 Å². The van der Waals surface area contributed by atoms with Crippen molar-refractivity contribution in [1.29, 1.82) is 0 Å². The minimum absolute atomic E-state index is 0.0573. The van der Waals surface area contributed by atoms with Crippen molar-refractivity contribution in [2.45, 2.75) is 77.3 Å². The Balaban J connectivity index is 2.11. The van der Waals surface area contributed by atoms with Gasteiger partial charge in [0.15, 0.2) is 0 Å². The number of amides is 1. The number of hydrogen-bond acceptors (Lipinski definition) is 2. The summed E-state index contributed by atoms with van der Waals surface area (Å²) in [5.74, 6) is 0.202. The molecule has 1 saturated heterocycles. The molecular weight excluding hydrogens is 212 g/mol. The molecule has 3 nitrogen and oxygen atoms in total. The third-order valence-corrected chi connectivity index (χ3v) is 3.51. The minimum atomic E-state index is 0.0573.